The van der Waals surface area contributed by atoms with Gasteiger partial charge in [-0.1, -0.05) is 30.3 Å². The SMILES string of the molecule is NC(=NCC1(c2ccccc2)CCOCC1)NCCCN1CCOCC1. The first kappa shape index (κ1) is 19.1. The molecule has 3 N–H and O–H groups in total. The van der Waals surface area contributed by atoms with Crippen molar-refractivity contribution in [2.75, 3.05) is 59.2 Å². The summed E-state index contributed by atoms with van der Waals surface area (Å²) in [6, 6.07) is 10.7. The highest BCUT2D eigenvalue weighted by atomic mass is 16.5. The van der Waals surface area contributed by atoms with Crippen LogP contribution in [0.15, 0.2) is 35.3 Å². The van der Waals surface area contributed by atoms with Crippen molar-refractivity contribution in [1.82, 2.24) is 10.2 Å². The lowest BCUT2D eigenvalue weighted by Gasteiger charge is -2.36. The molecule has 0 amide bonds. The van der Waals surface area contributed by atoms with Gasteiger partial charge in [-0.3, -0.25) is 9.89 Å². The van der Waals surface area contributed by atoms with E-state index in [0.29, 0.717) is 12.5 Å². The summed E-state index contributed by atoms with van der Waals surface area (Å²) in [6.45, 7) is 7.99. The fourth-order valence-electron chi connectivity index (χ4n) is 3.73. The zero-order valence-corrected chi connectivity index (χ0v) is 15.7. The molecule has 0 aliphatic carbocycles. The average molecular weight is 361 g/mol. The van der Waals surface area contributed by atoms with Crippen molar-refractivity contribution in [2.45, 2.75) is 24.7 Å². The standard InChI is InChI=1S/C20H32N4O2/c21-19(22-9-4-10-24-11-15-26-16-12-24)23-17-20(7-13-25-14-8-20)18-5-2-1-3-6-18/h1-3,5-6H,4,7-17H2,(H3,21,22,23). The highest BCUT2D eigenvalue weighted by molar-refractivity contribution is 5.77. The summed E-state index contributed by atoms with van der Waals surface area (Å²) in [5.41, 5.74) is 7.50. The van der Waals surface area contributed by atoms with Crippen LogP contribution in [0.25, 0.3) is 0 Å². The number of hydrogen-bond donors (Lipinski definition) is 2. The third kappa shape index (κ3) is 5.43. The number of rotatable bonds is 7. The highest BCUT2D eigenvalue weighted by Crippen LogP contribution is 2.35. The minimum absolute atomic E-state index is 0.0413. The summed E-state index contributed by atoms with van der Waals surface area (Å²) in [5, 5.41) is 3.27. The van der Waals surface area contributed by atoms with Gasteiger partial charge in [-0.25, -0.2) is 0 Å². The molecule has 0 atom stereocenters. The van der Waals surface area contributed by atoms with Crippen molar-refractivity contribution in [1.29, 1.82) is 0 Å². The first-order valence-electron chi connectivity index (χ1n) is 9.76. The van der Waals surface area contributed by atoms with Crippen LogP contribution in [0.1, 0.15) is 24.8 Å². The summed E-state index contributed by atoms with van der Waals surface area (Å²) < 4.78 is 11.0. The highest BCUT2D eigenvalue weighted by Gasteiger charge is 2.34. The lowest BCUT2D eigenvalue weighted by Crippen LogP contribution is -2.40. The first-order valence-corrected chi connectivity index (χ1v) is 9.76. The van der Waals surface area contributed by atoms with E-state index < -0.39 is 0 Å². The van der Waals surface area contributed by atoms with Crippen LogP contribution in [0.2, 0.25) is 0 Å². The normalized spacial score (nSPS) is 21.5. The predicted octanol–water partition coefficient (Wildman–Crippen LogP) is 1.36. The lowest BCUT2D eigenvalue weighted by atomic mass is 9.74. The summed E-state index contributed by atoms with van der Waals surface area (Å²) >= 11 is 0. The Kier molecular flexibility index (Phi) is 7.29. The van der Waals surface area contributed by atoms with Crippen molar-refractivity contribution >= 4 is 5.96 Å². The molecule has 0 bridgehead atoms. The number of nitrogens with zero attached hydrogens (tertiary/aromatic N) is 2. The van der Waals surface area contributed by atoms with E-state index >= 15 is 0 Å². The first-order chi connectivity index (χ1) is 12.8. The molecule has 6 nitrogen and oxygen atoms in total. The molecule has 2 fully saturated rings. The fraction of sp³-hybridized carbons (Fsp3) is 0.650. The number of benzene rings is 1. The molecule has 2 heterocycles. The van der Waals surface area contributed by atoms with Gasteiger partial charge in [0.1, 0.15) is 0 Å². The van der Waals surface area contributed by atoms with E-state index in [2.05, 4.69) is 45.5 Å². The van der Waals surface area contributed by atoms with Crippen molar-refractivity contribution < 1.29 is 9.47 Å². The second-order valence-corrected chi connectivity index (χ2v) is 7.19. The van der Waals surface area contributed by atoms with E-state index in [1.165, 1.54) is 5.56 Å². The van der Waals surface area contributed by atoms with Gasteiger partial charge in [0.05, 0.1) is 19.8 Å². The summed E-state index contributed by atoms with van der Waals surface area (Å²) in [4.78, 5) is 7.11. The van der Waals surface area contributed by atoms with Gasteiger partial charge in [-0.2, -0.15) is 0 Å². The summed E-state index contributed by atoms with van der Waals surface area (Å²) in [5.74, 6) is 0.550. The largest absolute Gasteiger partial charge is 0.381 e. The van der Waals surface area contributed by atoms with Gasteiger partial charge in [0.2, 0.25) is 0 Å². The predicted molar refractivity (Wildman–Crippen MR) is 105 cm³/mol. The van der Waals surface area contributed by atoms with E-state index in [1.807, 2.05) is 0 Å². The molecule has 1 aromatic carbocycles. The molecule has 2 saturated heterocycles. The Labute approximate surface area is 156 Å². The van der Waals surface area contributed by atoms with Crippen molar-refractivity contribution in [3.8, 4) is 0 Å². The van der Waals surface area contributed by atoms with Crippen molar-refractivity contribution in [3.63, 3.8) is 0 Å². The Morgan fingerprint density at radius 1 is 1.08 bits per heavy atom. The minimum atomic E-state index is 0.0413. The number of nitrogens with two attached hydrogens (primary N) is 1. The number of nitrogens with one attached hydrogen (secondary N) is 1. The number of ether oxygens (including phenoxy) is 2. The molecule has 0 unspecified atom stereocenters. The third-order valence-corrected chi connectivity index (χ3v) is 5.45. The molecule has 1 aromatic rings. The van der Waals surface area contributed by atoms with Crippen LogP contribution in [0.3, 0.4) is 0 Å². The van der Waals surface area contributed by atoms with E-state index in [1.54, 1.807) is 0 Å². The second kappa shape index (κ2) is 9.90. The maximum absolute atomic E-state index is 6.12. The van der Waals surface area contributed by atoms with Gasteiger partial charge in [-0.15, -0.1) is 0 Å². The average Bonchev–Trinajstić information content (AvgIpc) is 2.72. The Morgan fingerprint density at radius 2 is 1.77 bits per heavy atom. The number of morpholine rings is 1. The van der Waals surface area contributed by atoms with Gasteiger partial charge in [0, 0.05) is 38.3 Å². The number of guanidine groups is 1. The summed E-state index contributed by atoms with van der Waals surface area (Å²) in [6.07, 6.45) is 3.05. The maximum Gasteiger partial charge on any atom is 0.188 e. The van der Waals surface area contributed by atoms with Crippen LogP contribution < -0.4 is 11.1 Å². The second-order valence-electron chi connectivity index (χ2n) is 7.19. The zero-order valence-electron chi connectivity index (χ0n) is 15.7. The van der Waals surface area contributed by atoms with Gasteiger partial charge in [0.15, 0.2) is 5.96 Å². The van der Waals surface area contributed by atoms with Crippen molar-refractivity contribution in [3.05, 3.63) is 35.9 Å². The van der Waals surface area contributed by atoms with Gasteiger partial charge in [-0.05, 0) is 31.4 Å². The zero-order chi connectivity index (χ0) is 18.1. The summed E-state index contributed by atoms with van der Waals surface area (Å²) in [7, 11) is 0. The lowest BCUT2D eigenvalue weighted by molar-refractivity contribution is 0.0376. The van der Waals surface area contributed by atoms with E-state index in [0.717, 1.165) is 71.9 Å². The minimum Gasteiger partial charge on any atom is -0.381 e. The van der Waals surface area contributed by atoms with E-state index in [9.17, 15) is 0 Å². The topological polar surface area (TPSA) is 72.1 Å². The van der Waals surface area contributed by atoms with Crippen LogP contribution in [-0.2, 0) is 14.9 Å². The monoisotopic (exact) mass is 360 g/mol. The fourth-order valence-corrected chi connectivity index (χ4v) is 3.73. The smallest absolute Gasteiger partial charge is 0.188 e. The van der Waals surface area contributed by atoms with Crippen molar-refractivity contribution in [2.24, 2.45) is 10.7 Å². The maximum atomic E-state index is 6.12. The van der Waals surface area contributed by atoms with Crippen LogP contribution in [0, 0.1) is 0 Å². The number of aliphatic imine (C=N–C) groups is 1. The van der Waals surface area contributed by atoms with E-state index in [4.69, 9.17) is 15.2 Å². The molecular weight excluding hydrogens is 328 g/mol. The van der Waals surface area contributed by atoms with Crippen LogP contribution in [0.5, 0.6) is 0 Å². The molecule has 2 aliphatic heterocycles. The van der Waals surface area contributed by atoms with Gasteiger partial charge >= 0.3 is 0 Å². The number of hydrogen-bond acceptors (Lipinski definition) is 4. The molecule has 2 aliphatic rings. The van der Waals surface area contributed by atoms with E-state index in [-0.39, 0.29) is 5.41 Å². The molecule has 26 heavy (non-hydrogen) atoms. The molecule has 144 valence electrons. The van der Waals surface area contributed by atoms with Crippen LogP contribution in [-0.4, -0.2) is 70.0 Å². The molecule has 3 rings (SSSR count). The Hall–Kier alpha value is -1.63. The Bertz CT molecular complexity index is 552. The molecule has 0 spiro atoms. The van der Waals surface area contributed by atoms with Crippen LogP contribution in [0.4, 0.5) is 0 Å². The molecule has 0 aromatic heterocycles. The Morgan fingerprint density at radius 3 is 2.50 bits per heavy atom. The third-order valence-electron chi connectivity index (χ3n) is 5.45. The molecule has 6 heteroatoms. The van der Waals surface area contributed by atoms with Gasteiger partial charge in [0.25, 0.3) is 0 Å². The molecular formula is C20H32N4O2. The quantitative estimate of drug-likeness (QED) is 0.436. The van der Waals surface area contributed by atoms with Gasteiger partial charge < -0.3 is 20.5 Å². The molecule has 0 radical (unpaired) electrons. The Balaban J connectivity index is 1.47. The molecule has 0 saturated carbocycles. The van der Waals surface area contributed by atoms with Crippen LogP contribution >= 0.6 is 0 Å².